The quantitative estimate of drug-likeness (QED) is 0.233. The maximum Gasteiger partial charge on any atom is 0.235 e. The number of hydrogen-bond acceptors (Lipinski definition) is 2. The Kier molecular flexibility index (Phi) is 4.30. The molecule has 0 saturated carbocycles. The summed E-state index contributed by atoms with van der Waals surface area (Å²) >= 11 is 0. The highest BCUT2D eigenvalue weighted by atomic mass is 15.2. The molecular formula is C36H22N4. The van der Waals surface area contributed by atoms with E-state index in [9.17, 15) is 0 Å². The number of nitrogens with zero attached hydrogens (tertiary/aromatic N) is 4. The van der Waals surface area contributed by atoms with Gasteiger partial charge < -0.3 is 4.57 Å². The largest absolute Gasteiger partial charge is 0.309 e. The fraction of sp³-hybridized carbons (Fsp3) is 0. The molecule has 3 heterocycles. The zero-order chi connectivity index (χ0) is 26.2. The van der Waals surface area contributed by atoms with Crippen molar-refractivity contribution in [1.82, 2.24) is 19.1 Å². The van der Waals surface area contributed by atoms with Crippen LogP contribution in [0.3, 0.4) is 0 Å². The maximum absolute atomic E-state index is 5.00. The average Bonchev–Trinajstić information content (AvgIpc) is 3.50. The molecule has 3 aromatic heterocycles. The molecule has 0 radical (unpaired) electrons. The first kappa shape index (κ1) is 21.5. The lowest BCUT2D eigenvalue weighted by Crippen LogP contribution is -2.00. The highest BCUT2D eigenvalue weighted by Gasteiger charge is 2.19. The average molecular weight is 511 g/mol. The smallest absolute Gasteiger partial charge is 0.235 e. The molecule has 0 N–H and O–H groups in total. The van der Waals surface area contributed by atoms with Crippen LogP contribution in [0.2, 0.25) is 0 Å². The second-order valence-corrected chi connectivity index (χ2v) is 10.4. The van der Waals surface area contributed by atoms with Crippen molar-refractivity contribution in [1.29, 1.82) is 0 Å². The first-order chi connectivity index (χ1) is 19.8. The molecule has 186 valence electrons. The van der Waals surface area contributed by atoms with Crippen molar-refractivity contribution in [2.75, 3.05) is 0 Å². The van der Waals surface area contributed by atoms with E-state index >= 15 is 0 Å². The molecule has 0 spiro atoms. The van der Waals surface area contributed by atoms with Crippen molar-refractivity contribution in [3.63, 3.8) is 0 Å². The summed E-state index contributed by atoms with van der Waals surface area (Å²) in [5.41, 5.74) is 6.67. The lowest BCUT2D eigenvalue weighted by Gasteiger charge is -2.09. The summed E-state index contributed by atoms with van der Waals surface area (Å²) < 4.78 is 4.61. The van der Waals surface area contributed by atoms with Crippen LogP contribution in [-0.4, -0.2) is 19.1 Å². The van der Waals surface area contributed by atoms with Gasteiger partial charge in [-0.2, -0.15) is 0 Å². The molecule has 0 amide bonds. The molecule has 9 rings (SSSR count). The van der Waals surface area contributed by atoms with Gasteiger partial charge in [0.15, 0.2) is 0 Å². The molecule has 4 nitrogen and oxygen atoms in total. The Hall–Kier alpha value is -5.48. The van der Waals surface area contributed by atoms with E-state index in [-0.39, 0.29) is 0 Å². The van der Waals surface area contributed by atoms with E-state index in [1.54, 1.807) is 0 Å². The molecule has 0 unspecified atom stereocenters. The van der Waals surface area contributed by atoms with Gasteiger partial charge in [0.05, 0.1) is 27.6 Å². The number of aromatic nitrogens is 4. The standard InChI is InChI=1S/C36H22N4/c1-2-13-26(14-3-1)39-33-19-24-11-5-4-10-23(24)18-28(33)30-21-35-29(20-34(30)39)27-15-7-9-17-32(27)40(35)36-37-22-25-12-6-8-16-31(25)38-36/h1-22H. The molecule has 0 bridgehead atoms. The second kappa shape index (κ2) is 8.01. The van der Waals surface area contributed by atoms with Crippen LogP contribution in [0.4, 0.5) is 0 Å². The summed E-state index contributed by atoms with van der Waals surface area (Å²) in [6.45, 7) is 0. The molecule has 4 heteroatoms. The molecule has 40 heavy (non-hydrogen) atoms. The van der Waals surface area contributed by atoms with Crippen LogP contribution in [0, 0.1) is 0 Å². The number of benzene rings is 6. The molecule has 6 aromatic carbocycles. The van der Waals surface area contributed by atoms with E-state index in [1.165, 1.54) is 43.4 Å². The second-order valence-electron chi connectivity index (χ2n) is 10.4. The minimum absolute atomic E-state index is 0.682. The van der Waals surface area contributed by atoms with E-state index in [4.69, 9.17) is 9.97 Å². The Morgan fingerprint density at radius 1 is 0.425 bits per heavy atom. The summed E-state index contributed by atoms with van der Waals surface area (Å²) in [7, 11) is 0. The van der Waals surface area contributed by atoms with Gasteiger partial charge in [0.25, 0.3) is 0 Å². The molecular weight excluding hydrogens is 488 g/mol. The van der Waals surface area contributed by atoms with Crippen molar-refractivity contribution in [2.45, 2.75) is 0 Å². The Morgan fingerprint density at radius 2 is 1.02 bits per heavy atom. The number of hydrogen-bond donors (Lipinski definition) is 0. The molecule has 0 atom stereocenters. The highest BCUT2D eigenvalue weighted by Crippen LogP contribution is 2.40. The summed E-state index contributed by atoms with van der Waals surface area (Å²) in [6, 6.07) is 45.3. The summed E-state index contributed by atoms with van der Waals surface area (Å²) in [5.74, 6) is 0.682. The topological polar surface area (TPSA) is 35.6 Å². The Balaban J connectivity index is 1.47. The van der Waals surface area contributed by atoms with Gasteiger partial charge in [-0.05, 0) is 59.3 Å². The van der Waals surface area contributed by atoms with E-state index in [0.717, 1.165) is 27.6 Å². The Labute approximate surface area is 229 Å². The van der Waals surface area contributed by atoms with Gasteiger partial charge in [-0.1, -0.05) is 78.9 Å². The SMILES string of the molecule is c1ccc(-n2c3cc4ccccc4cc3c3cc4c(cc32)c2ccccc2n4-c2ncc3ccccc3n2)cc1. The molecule has 0 saturated heterocycles. The van der Waals surface area contributed by atoms with E-state index in [0.29, 0.717) is 5.95 Å². The minimum Gasteiger partial charge on any atom is -0.309 e. The van der Waals surface area contributed by atoms with E-state index in [2.05, 4.69) is 118 Å². The Bertz CT molecular complexity index is 2430. The van der Waals surface area contributed by atoms with Crippen LogP contribution in [0.1, 0.15) is 0 Å². The third-order valence-electron chi connectivity index (χ3n) is 8.12. The highest BCUT2D eigenvalue weighted by molar-refractivity contribution is 6.20. The van der Waals surface area contributed by atoms with Crippen LogP contribution in [-0.2, 0) is 0 Å². The minimum atomic E-state index is 0.682. The lowest BCUT2D eigenvalue weighted by atomic mass is 10.1. The van der Waals surface area contributed by atoms with Gasteiger partial charge >= 0.3 is 0 Å². The summed E-state index contributed by atoms with van der Waals surface area (Å²) in [6.07, 6.45) is 1.92. The van der Waals surface area contributed by atoms with Crippen LogP contribution in [0.25, 0.3) is 76.9 Å². The predicted molar refractivity (Wildman–Crippen MR) is 166 cm³/mol. The van der Waals surface area contributed by atoms with E-state index in [1.807, 2.05) is 24.4 Å². The number of para-hydroxylation sites is 3. The van der Waals surface area contributed by atoms with Gasteiger partial charge in [0, 0.05) is 38.8 Å². The number of rotatable bonds is 2. The van der Waals surface area contributed by atoms with Gasteiger partial charge in [0.2, 0.25) is 5.95 Å². The number of fused-ring (bicyclic) bond motifs is 8. The molecule has 0 aliphatic heterocycles. The first-order valence-electron chi connectivity index (χ1n) is 13.5. The zero-order valence-corrected chi connectivity index (χ0v) is 21.5. The van der Waals surface area contributed by atoms with Crippen molar-refractivity contribution in [3.8, 4) is 11.6 Å². The van der Waals surface area contributed by atoms with Crippen LogP contribution in [0.5, 0.6) is 0 Å². The zero-order valence-electron chi connectivity index (χ0n) is 21.5. The van der Waals surface area contributed by atoms with Crippen molar-refractivity contribution in [2.24, 2.45) is 0 Å². The first-order valence-corrected chi connectivity index (χ1v) is 13.5. The summed E-state index contributed by atoms with van der Waals surface area (Å²) in [5, 5.41) is 8.32. The maximum atomic E-state index is 5.00. The van der Waals surface area contributed by atoms with Crippen molar-refractivity contribution < 1.29 is 0 Å². The van der Waals surface area contributed by atoms with Crippen LogP contribution < -0.4 is 0 Å². The molecule has 9 aromatic rings. The van der Waals surface area contributed by atoms with Crippen LogP contribution in [0.15, 0.2) is 134 Å². The lowest BCUT2D eigenvalue weighted by molar-refractivity contribution is 1.01. The van der Waals surface area contributed by atoms with Crippen molar-refractivity contribution in [3.05, 3.63) is 134 Å². The Morgan fingerprint density at radius 3 is 1.88 bits per heavy atom. The third kappa shape index (κ3) is 2.96. The fourth-order valence-corrected chi connectivity index (χ4v) is 6.30. The van der Waals surface area contributed by atoms with Crippen molar-refractivity contribution >= 4 is 65.3 Å². The normalized spacial score (nSPS) is 12.0. The monoisotopic (exact) mass is 510 g/mol. The van der Waals surface area contributed by atoms with Crippen LogP contribution >= 0.6 is 0 Å². The predicted octanol–water partition coefficient (Wildman–Crippen LogP) is 8.98. The third-order valence-corrected chi connectivity index (χ3v) is 8.12. The van der Waals surface area contributed by atoms with Gasteiger partial charge in [-0.25, -0.2) is 9.97 Å². The van der Waals surface area contributed by atoms with Gasteiger partial charge in [-0.3, -0.25) is 4.57 Å². The summed E-state index contributed by atoms with van der Waals surface area (Å²) in [4.78, 5) is 9.83. The van der Waals surface area contributed by atoms with E-state index < -0.39 is 0 Å². The fourth-order valence-electron chi connectivity index (χ4n) is 6.30. The van der Waals surface area contributed by atoms with Gasteiger partial charge in [-0.15, -0.1) is 0 Å². The molecule has 0 fully saturated rings. The molecule has 0 aliphatic carbocycles. The van der Waals surface area contributed by atoms with Gasteiger partial charge in [0.1, 0.15) is 0 Å². The molecule has 0 aliphatic rings.